The van der Waals surface area contributed by atoms with Gasteiger partial charge in [-0.1, -0.05) is 29.8 Å². The number of benzene rings is 1. The van der Waals surface area contributed by atoms with Gasteiger partial charge in [0.25, 0.3) is 0 Å². The number of aryl methyl sites for hydroxylation is 1. The SMILES string of the molecule is Cc1nn(Cc2ccccc2Cl)c(C)c1CNC(C)CO. The quantitative estimate of drug-likeness (QED) is 0.862. The van der Waals surface area contributed by atoms with Gasteiger partial charge < -0.3 is 10.4 Å². The summed E-state index contributed by atoms with van der Waals surface area (Å²) in [7, 11) is 0. The first-order valence-electron chi connectivity index (χ1n) is 7.13. The number of hydrogen-bond acceptors (Lipinski definition) is 3. The van der Waals surface area contributed by atoms with Crippen molar-refractivity contribution in [2.75, 3.05) is 6.61 Å². The summed E-state index contributed by atoms with van der Waals surface area (Å²) in [5.41, 5.74) is 4.39. The van der Waals surface area contributed by atoms with Crippen molar-refractivity contribution < 1.29 is 5.11 Å². The molecule has 2 rings (SSSR count). The molecular weight excluding hydrogens is 286 g/mol. The van der Waals surface area contributed by atoms with Crippen LogP contribution in [0.1, 0.15) is 29.4 Å². The summed E-state index contributed by atoms with van der Waals surface area (Å²) in [6.07, 6.45) is 0. The van der Waals surface area contributed by atoms with Crippen molar-refractivity contribution in [2.45, 2.75) is 39.9 Å². The zero-order valence-corrected chi connectivity index (χ0v) is 13.5. The Hall–Kier alpha value is -1.36. The Morgan fingerprint density at radius 3 is 2.71 bits per heavy atom. The highest BCUT2D eigenvalue weighted by atomic mass is 35.5. The molecular formula is C16H22ClN3O. The number of aliphatic hydroxyl groups is 1. The number of halogens is 1. The van der Waals surface area contributed by atoms with Crippen molar-refractivity contribution in [3.8, 4) is 0 Å². The first-order chi connectivity index (χ1) is 10.0. The molecule has 0 amide bonds. The van der Waals surface area contributed by atoms with Gasteiger partial charge in [0.15, 0.2) is 0 Å². The van der Waals surface area contributed by atoms with E-state index in [4.69, 9.17) is 16.7 Å². The fourth-order valence-electron chi connectivity index (χ4n) is 2.27. The van der Waals surface area contributed by atoms with E-state index in [-0.39, 0.29) is 12.6 Å². The molecule has 0 fully saturated rings. The lowest BCUT2D eigenvalue weighted by molar-refractivity contribution is 0.251. The molecule has 0 bridgehead atoms. The van der Waals surface area contributed by atoms with Crippen LogP contribution in [0, 0.1) is 13.8 Å². The molecule has 1 heterocycles. The van der Waals surface area contributed by atoms with Crippen LogP contribution in [0.5, 0.6) is 0 Å². The monoisotopic (exact) mass is 307 g/mol. The van der Waals surface area contributed by atoms with Crippen molar-refractivity contribution >= 4 is 11.6 Å². The molecule has 1 unspecified atom stereocenters. The normalized spacial score (nSPS) is 12.6. The van der Waals surface area contributed by atoms with Crippen molar-refractivity contribution in [1.82, 2.24) is 15.1 Å². The molecule has 0 saturated carbocycles. The summed E-state index contributed by atoms with van der Waals surface area (Å²) in [4.78, 5) is 0. The van der Waals surface area contributed by atoms with Crippen molar-refractivity contribution in [1.29, 1.82) is 0 Å². The molecule has 0 saturated heterocycles. The molecule has 2 N–H and O–H groups in total. The van der Waals surface area contributed by atoms with Gasteiger partial charge in [-0.3, -0.25) is 4.68 Å². The Morgan fingerprint density at radius 1 is 1.33 bits per heavy atom. The van der Waals surface area contributed by atoms with Gasteiger partial charge in [0.1, 0.15) is 0 Å². The lowest BCUT2D eigenvalue weighted by atomic mass is 10.2. The van der Waals surface area contributed by atoms with E-state index < -0.39 is 0 Å². The molecule has 1 aromatic heterocycles. The maximum Gasteiger partial charge on any atom is 0.0677 e. The molecule has 0 aliphatic carbocycles. The highest BCUT2D eigenvalue weighted by molar-refractivity contribution is 6.31. The molecule has 4 nitrogen and oxygen atoms in total. The van der Waals surface area contributed by atoms with E-state index >= 15 is 0 Å². The molecule has 0 aliphatic rings. The Bertz CT molecular complexity index is 610. The van der Waals surface area contributed by atoms with Crippen LogP contribution in [-0.4, -0.2) is 27.5 Å². The summed E-state index contributed by atoms with van der Waals surface area (Å²) in [5.74, 6) is 0. The van der Waals surface area contributed by atoms with E-state index in [1.165, 1.54) is 5.56 Å². The van der Waals surface area contributed by atoms with Crippen LogP contribution < -0.4 is 5.32 Å². The zero-order valence-electron chi connectivity index (χ0n) is 12.7. The van der Waals surface area contributed by atoms with Gasteiger partial charge in [-0.2, -0.15) is 5.10 Å². The van der Waals surface area contributed by atoms with Crippen LogP contribution in [0.2, 0.25) is 5.02 Å². The topological polar surface area (TPSA) is 50.1 Å². The molecule has 5 heteroatoms. The van der Waals surface area contributed by atoms with Gasteiger partial charge in [0.2, 0.25) is 0 Å². The summed E-state index contributed by atoms with van der Waals surface area (Å²) >= 11 is 6.21. The van der Waals surface area contributed by atoms with Crippen LogP contribution >= 0.6 is 11.6 Å². The summed E-state index contributed by atoms with van der Waals surface area (Å²) in [6, 6.07) is 7.91. The average Bonchev–Trinajstić information content (AvgIpc) is 2.73. The average molecular weight is 308 g/mol. The van der Waals surface area contributed by atoms with Gasteiger partial charge in [-0.25, -0.2) is 0 Å². The third kappa shape index (κ3) is 3.84. The standard InChI is InChI=1S/C16H22ClN3O/c1-11(10-21)18-8-15-12(2)19-20(13(15)3)9-14-6-4-5-7-16(14)17/h4-7,11,18,21H,8-10H2,1-3H3. The Balaban J connectivity index is 2.17. The second-order valence-electron chi connectivity index (χ2n) is 5.36. The van der Waals surface area contributed by atoms with Crippen molar-refractivity contribution in [3.05, 3.63) is 51.8 Å². The van der Waals surface area contributed by atoms with E-state index in [9.17, 15) is 0 Å². The summed E-state index contributed by atoms with van der Waals surface area (Å²) in [5, 5.41) is 17.7. The number of nitrogens with one attached hydrogen (secondary N) is 1. The fraction of sp³-hybridized carbons (Fsp3) is 0.438. The first-order valence-corrected chi connectivity index (χ1v) is 7.51. The predicted molar refractivity (Wildman–Crippen MR) is 85.6 cm³/mol. The number of hydrogen-bond donors (Lipinski definition) is 2. The van der Waals surface area contributed by atoms with E-state index in [2.05, 4.69) is 17.3 Å². The number of aliphatic hydroxyl groups excluding tert-OH is 1. The fourth-order valence-corrected chi connectivity index (χ4v) is 2.47. The van der Waals surface area contributed by atoms with Gasteiger partial charge in [-0.05, 0) is 32.4 Å². The molecule has 1 aromatic carbocycles. The highest BCUT2D eigenvalue weighted by Gasteiger charge is 2.13. The largest absolute Gasteiger partial charge is 0.395 e. The van der Waals surface area contributed by atoms with Crippen LogP contribution in [-0.2, 0) is 13.1 Å². The molecule has 0 spiro atoms. The Kier molecular flexibility index (Phi) is 5.39. The molecule has 114 valence electrons. The third-order valence-corrected chi connectivity index (χ3v) is 4.08. The Labute approximate surface area is 130 Å². The molecule has 1 atom stereocenters. The maximum absolute atomic E-state index is 9.08. The highest BCUT2D eigenvalue weighted by Crippen LogP contribution is 2.19. The van der Waals surface area contributed by atoms with Crippen LogP contribution in [0.4, 0.5) is 0 Å². The number of nitrogens with zero attached hydrogens (tertiary/aromatic N) is 2. The number of rotatable bonds is 6. The zero-order chi connectivity index (χ0) is 15.4. The maximum atomic E-state index is 9.08. The number of aromatic nitrogens is 2. The van der Waals surface area contributed by atoms with Crippen LogP contribution in [0.25, 0.3) is 0 Å². The first kappa shape index (κ1) is 16.0. The minimum Gasteiger partial charge on any atom is -0.395 e. The minimum absolute atomic E-state index is 0.0794. The van der Waals surface area contributed by atoms with Gasteiger partial charge in [0, 0.05) is 28.9 Å². The van der Waals surface area contributed by atoms with Gasteiger partial charge in [0.05, 0.1) is 18.8 Å². The van der Waals surface area contributed by atoms with E-state index in [0.717, 1.165) is 22.0 Å². The Morgan fingerprint density at radius 2 is 2.05 bits per heavy atom. The van der Waals surface area contributed by atoms with Crippen molar-refractivity contribution in [3.63, 3.8) is 0 Å². The second-order valence-corrected chi connectivity index (χ2v) is 5.77. The molecule has 21 heavy (non-hydrogen) atoms. The van der Waals surface area contributed by atoms with Gasteiger partial charge >= 0.3 is 0 Å². The van der Waals surface area contributed by atoms with E-state index in [0.29, 0.717) is 13.1 Å². The lowest BCUT2D eigenvalue weighted by Gasteiger charge is -2.11. The molecule has 0 aliphatic heterocycles. The van der Waals surface area contributed by atoms with E-state index in [1.54, 1.807) is 0 Å². The second kappa shape index (κ2) is 7.07. The lowest BCUT2D eigenvalue weighted by Crippen LogP contribution is -2.29. The van der Waals surface area contributed by atoms with Crippen LogP contribution in [0.3, 0.4) is 0 Å². The van der Waals surface area contributed by atoms with Gasteiger partial charge in [-0.15, -0.1) is 0 Å². The molecule has 0 radical (unpaired) electrons. The van der Waals surface area contributed by atoms with E-state index in [1.807, 2.05) is 42.8 Å². The minimum atomic E-state index is 0.0794. The summed E-state index contributed by atoms with van der Waals surface area (Å²) in [6.45, 7) is 7.54. The third-order valence-electron chi connectivity index (χ3n) is 3.71. The van der Waals surface area contributed by atoms with Crippen LogP contribution in [0.15, 0.2) is 24.3 Å². The molecule has 2 aromatic rings. The van der Waals surface area contributed by atoms with Crippen molar-refractivity contribution in [2.24, 2.45) is 0 Å². The predicted octanol–water partition coefficient (Wildman–Crippen LogP) is 2.67. The summed E-state index contributed by atoms with van der Waals surface area (Å²) < 4.78 is 1.98. The smallest absolute Gasteiger partial charge is 0.0677 e.